The zero-order valence-corrected chi connectivity index (χ0v) is 21.2. The first-order valence-corrected chi connectivity index (χ1v) is 13.0. The summed E-state index contributed by atoms with van der Waals surface area (Å²) in [4.78, 5) is 15.3. The minimum absolute atomic E-state index is 0.0166. The first-order valence-electron chi connectivity index (χ1n) is 12.6. The molecule has 1 N–H and O–H groups in total. The molecule has 1 unspecified atom stereocenters. The number of nitrogens with zero attached hydrogens (tertiary/aromatic N) is 1. The average Bonchev–Trinajstić information content (AvgIpc) is 3.07. The van der Waals surface area contributed by atoms with E-state index < -0.39 is 0 Å². The first kappa shape index (κ1) is 23.5. The van der Waals surface area contributed by atoms with E-state index in [0.717, 1.165) is 62.2 Å². The molecular formula is C28H35ClN2O3. The fraction of sp³-hybridized carbons (Fsp3) is 0.536. The van der Waals surface area contributed by atoms with Gasteiger partial charge >= 0.3 is 6.09 Å². The van der Waals surface area contributed by atoms with E-state index in [1.54, 1.807) is 0 Å². The molecule has 34 heavy (non-hydrogen) atoms. The lowest BCUT2D eigenvalue weighted by molar-refractivity contribution is -0.0348. The SMILES string of the molecule is CCCOc1ccc(-c2ccc3c(c2)CC(C)(C)C3NC(=O)O[C@H]2CN3CCC2CC3)cc1Cl. The van der Waals surface area contributed by atoms with Gasteiger partial charge in [0.1, 0.15) is 11.9 Å². The van der Waals surface area contributed by atoms with Crippen molar-refractivity contribution in [3.8, 4) is 16.9 Å². The summed E-state index contributed by atoms with van der Waals surface area (Å²) in [7, 11) is 0. The van der Waals surface area contributed by atoms with Crippen LogP contribution in [0.15, 0.2) is 36.4 Å². The van der Waals surface area contributed by atoms with Gasteiger partial charge < -0.3 is 14.8 Å². The molecule has 0 radical (unpaired) electrons. The summed E-state index contributed by atoms with van der Waals surface area (Å²) in [5.74, 6) is 1.23. The van der Waals surface area contributed by atoms with Crippen molar-refractivity contribution < 1.29 is 14.3 Å². The van der Waals surface area contributed by atoms with E-state index in [-0.39, 0.29) is 23.7 Å². The van der Waals surface area contributed by atoms with Crippen molar-refractivity contribution in [2.24, 2.45) is 11.3 Å². The number of amides is 1. The fourth-order valence-corrected chi connectivity index (χ4v) is 6.09. The van der Waals surface area contributed by atoms with Crippen molar-refractivity contribution in [1.29, 1.82) is 0 Å². The Morgan fingerprint density at radius 2 is 1.88 bits per heavy atom. The number of carbonyl (C=O) groups is 1. The van der Waals surface area contributed by atoms with Crippen LogP contribution < -0.4 is 10.1 Å². The van der Waals surface area contributed by atoms with E-state index in [4.69, 9.17) is 21.1 Å². The van der Waals surface area contributed by atoms with Crippen LogP contribution in [0.25, 0.3) is 11.1 Å². The second-order valence-electron chi connectivity index (χ2n) is 10.7. The number of carbonyl (C=O) groups excluding carboxylic acids is 1. The number of rotatable bonds is 6. The summed E-state index contributed by atoms with van der Waals surface area (Å²) < 4.78 is 11.6. The van der Waals surface area contributed by atoms with Gasteiger partial charge in [0.25, 0.3) is 0 Å². The number of halogens is 1. The predicted molar refractivity (Wildman–Crippen MR) is 135 cm³/mol. The van der Waals surface area contributed by atoms with Crippen molar-refractivity contribution in [3.63, 3.8) is 0 Å². The molecule has 0 aromatic heterocycles. The van der Waals surface area contributed by atoms with Gasteiger partial charge in [-0.3, -0.25) is 4.90 Å². The Labute approximate surface area is 207 Å². The maximum absolute atomic E-state index is 12.9. The number of piperidine rings is 3. The van der Waals surface area contributed by atoms with Gasteiger partial charge in [-0.05, 0) is 84.5 Å². The molecule has 1 aliphatic carbocycles. The lowest BCUT2D eigenvalue weighted by Crippen LogP contribution is -2.53. The molecule has 3 aliphatic heterocycles. The molecule has 2 aromatic carbocycles. The number of alkyl carbamates (subject to hydrolysis) is 1. The highest BCUT2D eigenvalue weighted by Crippen LogP contribution is 2.46. The molecule has 5 nitrogen and oxygen atoms in total. The van der Waals surface area contributed by atoms with E-state index in [1.165, 1.54) is 11.1 Å². The molecule has 6 heteroatoms. The summed E-state index contributed by atoms with van der Waals surface area (Å²) in [6.45, 7) is 10.3. The summed E-state index contributed by atoms with van der Waals surface area (Å²) in [6.07, 6.45) is 3.83. The smallest absolute Gasteiger partial charge is 0.407 e. The molecule has 2 aromatic rings. The minimum atomic E-state index is -0.289. The highest BCUT2D eigenvalue weighted by molar-refractivity contribution is 6.32. The van der Waals surface area contributed by atoms with Crippen LogP contribution in [-0.2, 0) is 11.2 Å². The van der Waals surface area contributed by atoms with E-state index in [1.807, 2.05) is 12.1 Å². The Morgan fingerprint density at radius 1 is 1.15 bits per heavy atom. The molecule has 1 amide bonds. The van der Waals surface area contributed by atoms with Gasteiger partial charge in [0, 0.05) is 6.54 Å². The molecule has 3 saturated heterocycles. The minimum Gasteiger partial charge on any atom is -0.492 e. The topological polar surface area (TPSA) is 50.8 Å². The second kappa shape index (κ2) is 9.43. The van der Waals surface area contributed by atoms with Crippen LogP contribution in [0.2, 0.25) is 5.02 Å². The van der Waals surface area contributed by atoms with E-state index in [9.17, 15) is 4.79 Å². The third-order valence-electron chi connectivity index (χ3n) is 7.73. The molecule has 2 bridgehead atoms. The van der Waals surface area contributed by atoms with Crippen LogP contribution in [0.3, 0.4) is 0 Å². The van der Waals surface area contributed by atoms with Crippen LogP contribution in [0.1, 0.15) is 57.2 Å². The second-order valence-corrected chi connectivity index (χ2v) is 11.1. The third kappa shape index (κ3) is 4.65. The molecule has 6 rings (SSSR count). The van der Waals surface area contributed by atoms with Crippen molar-refractivity contribution in [3.05, 3.63) is 52.5 Å². The Bertz CT molecular complexity index is 1060. The first-order chi connectivity index (χ1) is 16.3. The lowest BCUT2D eigenvalue weighted by Gasteiger charge is -2.44. The molecule has 0 spiro atoms. The van der Waals surface area contributed by atoms with Crippen LogP contribution >= 0.6 is 11.6 Å². The summed E-state index contributed by atoms with van der Waals surface area (Å²) in [5.41, 5.74) is 4.53. The van der Waals surface area contributed by atoms with E-state index >= 15 is 0 Å². The molecule has 182 valence electrons. The van der Waals surface area contributed by atoms with Gasteiger partial charge in [-0.25, -0.2) is 4.79 Å². The quantitative estimate of drug-likeness (QED) is 0.529. The number of nitrogens with one attached hydrogen (secondary N) is 1. The monoisotopic (exact) mass is 482 g/mol. The standard InChI is InChI=1S/C28H35ClN2O3/c1-4-13-33-24-8-6-20(15-23(24)29)19-5-7-22-21(14-19)16-28(2,3)26(22)30-27(32)34-25-17-31-11-9-18(25)10-12-31/h5-8,14-15,18,25-26H,4,9-13,16-17H2,1-3H3,(H,30,32)/t25-,26?/m0/s1. The van der Waals surface area contributed by atoms with Gasteiger partial charge in [-0.1, -0.05) is 56.6 Å². The third-order valence-corrected chi connectivity index (χ3v) is 8.02. The van der Waals surface area contributed by atoms with Gasteiger partial charge in [-0.2, -0.15) is 0 Å². The Hall–Kier alpha value is -2.24. The molecule has 0 saturated carbocycles. The van der Waals surface area contributed by atoms with E-state index in [2.05, 4.69) is 55.3 Å². The summed E-state index contributed by atoms with van der Waals surface area (Å²) >= 11 is 6.47. The Balaban J connectivity index is 1.30. The summed E-state index contributed by atoms with van der Waals surface area (Å²) in [5, 5.41) is 3.84. The predicted octanol–water partition coefficient (Wildman–Crippen LogP) is 6.24. The van der Waals surface area contributed by atoms with Gasteiger partial charge in [-0.15, -0.1) is 0 Å². The molecule has 4 aliphatic rings. The van der Waals surface area contributed by atoms with Gasteiger partial charge in [0.2, 0.25) is 0 Å². The van der Waals surface area contributed by atoms with Crippen molar-refractivity contribution >= 4 is 17.7 Å². The van der Waals surface area contributed by atoms with Crippen LogP contribution in [0.5, 0.6) is 5.75 Å². The number of benzene rings is 2. The zero-order chi connectivity index (χ0) is 23.9. The number of hydrogen-bond acceptors (Lipinski definition) is 4. The number of fused-ring (bicyclic) bond motifs is 4. The largest absolute Gasteiger partial charge is 0.492 e. The lowest BCUT2D eigenvalue weighted by atomic mass is 9.85. The maximum atomic E-state index is 12.9. The normalized spacial score (nSPS) is 26.7. The Morgan fingerprint density at radius 3 is 2.56 bits per heavy atom. The zero-order valence-electron chi connectivity index (χ0n) is 20.4. The van der Waals surface area contributed by atoms with Crippen LogP contribution in [0.4, 0.5) is 4.79 Å². The van der Waals surface area contributed by atoms with Gasteiger partial charge in [0.15, 0.2) is 0 Å². The number of hydrogen-bond donors (Lipinski definition) is 1. The van der Waals surface area contributed by atoms with Crippen molar-refractivity contribution in [2.45, 2.75) is 58.6 Å². The average molecular weight is 483 g/mol. The summed E-state index contributed by atoms with van der Waals surface area (Å²) in [6, 6.07) is 12.4. The van der Waals surface area contributed by atoms with Crippen LogP contribution in [0, 0.1) is 11.3 Å². The fourth-order valence-electron chi connectivity index (χ4n) is 5.85. The molecule has 2 atom stereocenters. The van der Waals surface area contributed by atoms with Crippen LogP contribution in [-0.4, -0.2) is 43.3 Å². The van der Waals surface area contributed by atoms with Crippen molar-refractivity contribution in [2.75, 3.05) is 26.2 Å². The molecular weight excluding hydrogens is 448 g/mol. The highest BCUT2D eigenvalue weighted by atomic mass is 35.5. The highest BCUT2D eigenvalue weighted by Gasteiger charge is 2.42. The van der Waals surface area contributed by atoms with Crippen molar-refractivity contribution in [1.82, 2.24) is 10.2 Å². The molecule has 3 heterocycles. The maximum Gasteiger partial charge on any atom is 0.407 e. The van der Waals surface area contributed by atoms with Gasteiger partial charge in [0.05, 0.1) is 17.7 Å². The molecule has 3 fully saturated rings. The van der Waals surface area contributed by atoms with E-state index in [0.29, 0.717) is 17.5 Å². The number of ether oxygens (including phenoxy) is 2. The Kier molecular flexibility index (Phi) is 6.51.